The maximum Gasteiger partial charge on any atom is 0.339 e. The van der Waals surface area contributed by atoms with Crippen molar-refractivity contribution in [3.8, 4) is 5.75 Å². The van der Waals surface area contributed by atoms with Gasteiger partial charge in [-0.25, -0.2) is 4.79 Å². The van der Waals surface area contributed by atoms with Gasteiger partial charge < -0.3 is 10.2 Å². The van der Waals surface area contributed by atoms with Gasteiger partial charge in [-0.15, -0.1) is 0 Å². The molecule has 0 aliphatic carbocycles. The van der Waals surface area contributed by atoms with Crippen LogP contribution in [0, 0.1) is 5.41 Å². The molecule has 0 amide bonds. The second-order valence-corrected chi connectivity index (χ2v) is 4.85. The summed E-state index contributed by atoms with van der Waals surface area (Å²) >= 11 is 0. The molecule has 1 aromatic rings. The summed E-state index contributed by atoms with van der Waals surface area (Å²) < 4.78 is 0. The predicted molar refractivity (Wildman–Crippen MR) is 58.2 cm³/mol. The molecule has 2 N–H and O–H groups in total. The standard InChI is InChI=1S/C12H16O3/c1-12(2,3)7-8-5-4-6-9(13)10(8)11(14)15/h4-6,13H,7H2,1-3H3,(H,14,15). The van der Waals surface area contributed by atoms with Crippen LogP contribution >= 0.6 is 0 Å². The minimum atomic E-state index is -1.08. The Labute approximate surface area is 89.4 Å². The van der Waals surface area contributed by atoms with Gasteiger partial charge in [0, 0.05) is 0 Å². The van der Waals surface area contributed by atoms with Crippen molar-refractivity contribution in [3.63, 3.8) is 0 Å². The summed E-state index contributed by atoms with van der Waals surface area (Å²) in [5, 5.41) is 18.5. The summed E-state index contributed by atoms with van der Waals surface area (Å²) in [6.07, 6.45) is 0.628. The fourth-order valence-corrected chi connectivity index (χ4v) is 1.55. The van der Waals surface area contributed by atoms with Crippen LogP contribution in [0.4, 0.5) is 0 Å². The lowest BCUT2D eigenvalue weighted by Gasteiger charge is -2.19. The number of hydrogen-bond donors (Lipinski definition) is 2. The summed E-state index contributed by atoms with van der Waals surface area (Å²) in [7, 11) is 0. The van der Waals surface area contributed by atoms with Crippen LogP contribution < -0.4 is 0 Å². The second kappa shape index (κ2) is 3.93. The number of aromatic hydroxyl groups is 1. The quantitative estimate of drug-likeness (QED) is 0.785. The highest BCUT2D eigenvalue weighted by molar-refractivity contribution is 5.92. The van der Waals surface area contributed by atoms with Crippen LogP contribution in [0.15, 0.2) is 18.2 Å². The fraction of sp³-hybridized carbons (Fsp3) is 0.417. The lowest BCUT2D eigenvalue weighted by molar-refractivity contribution is 0.0692. The molecule has 0 saturated carbocycles. The first-order valence-electron chi connectivity index (χ1n) is 4.85. The number of carboxylic acid groups (broad SMARTS) is 1. The normalized spacial score (nSPS) is 11.4. The molecule has 0 unspecified atom stereocenters. The van der Waals surface area contributed by atoms with Crippen molar-refractivity contribution in [2.24, 2.45) is 5.41 Å². The average Bonchev–Trinajstić information content (AvgIpc) is 1.99. The Morgan fingerprint density at radius 3 is 2.40 bits per heavy atom. The largest absolute Gasteiger partial charge is 0.507 e. The molecule has 15 heavy (non-hydrogen) atoms. The van der Waals surface area contributed by atoms with E-state index < -0.39 is 5.97 Å². The van der Waals surface area contributed by atoms with Crippen LogP contribution in [0.25, 0.3) is 0 Å². The Morgan fingerprint density at radius 2 is 1.93 bits per heavy atom. The molecule has 1 rings (SSSR count). The highest BCUT2D eigenvalue weighted by Crippen LogP contribution is 2.27. The van der Waals surface area contributed by atoms with E-state index in [2.05, 4.69) is 0 Å². The van der Waals surface area contributed by atoms with E-state index in [0.29, 0.717) is 12.0 Å². The summed E-state index contributed by atoms with van der Waals surface area (Å²) in [5.74, 6) is -1.24. The molecule has 0 heterocycles. The summed E-state index contributed by atoms with van der Waals surface area (Å²) in [5.41, 5.74) is 0.695. The highest BCUT2D eigenvalue weighted by Gasteiger charge is 2.19. The van der Waals surface area contributed by atoms with Crippen LogP contribution in [0.2, 0.25) is 0 Å². The zero-order valence-corrected chi connectivity index (χ0v) is 9.24. The van der Waals surface area contributed by atoms with E-state index in [4.69, 9.17) is 5.11 Å². The molecule has 0 fully saturated rings. The number of carbonyl (C=O) groups is 1. The van der Waals surface area contributed by atoms with E-state index in [0.717, 1.165) is 0 Å². The third-order valence-electron chi connectivity index (χ3n) is 2.06. The van der Waals surface area contributed by atoms with Crippen molar-refractivity contribution < 1.29 is 15.0 Å². The van der Waals surface area contributed by atoms with Gasteiger partial charge in [0.1, 0.15) is 11.3 Å². The zero-order valence-electron chi connectivity index (χ0n) is 9.24. The summed E-state index contributed by atoms with van der Waals surface area (Å²) in [6.45, 7) is 6.09. The first-order chi connectivity index (χ1) is 6.81. The third-order valence-corrected chi connectivity index (χ3v) is 2.06. The maximum absolute atomic E-state index is 11.0. The first kappa shape index (κ1) is 11.6. The van der Waals surface area contributed by atoms with E-state index in [-0.39, 0.29) is 16.7 Å². The average molecular weight is 208 g/mol. The molecule has 0 atom stereocenters. The monoisotopic (exact) mass is 208 g/mol. The SMILES string of the molecule is CC(C)(C)Cc1cccc(O)c1C(=O)O. The maximum atomic E-state index is 11.0. The molecular weight excluding hydrogens is 192 g/mol. The van der Waals surface area contributed by atoms with Crippen molar-refractivity contribution in [1.29, 1.82) is 0 Å². The molecule has 0 bridgehead atoms. The van der Waals surface area contributed by atoms with Gasteiger partial charge in [-0.1, -0.05) is 32.9 Å². The van der Waals surface area contributed by atoms with Crippen molar-refractivity contribution in [1.82, 2.24) is 0 Å². The van der Waals surface area contributed by atoms with Gasteiger partial charge in [-0.3, -0.25) is 0 Å². The molecule has 3 nitrogen and oxygen atoms in total. The summed E-state index contributed by atoms with van der Waals surface area (Å²) in [6, 6.07) is 4.81. The van der Waals surface area contributed by atoms with Gasteiger partial charge in [0.25, 0.3) is 0 Å². The molecule has 0 radical (unpaired) electrons. The molecule has 82 valence electrons. The van der Waals surface area contributed by atoms with Gasteiger partial charge in [-0.05, 0) is 23.5 Å². The Morgan fingerprint density at radius 1 is 1.33 bits per heavy atom. The number of phenols is 1. The number of benzene rings is 1. The van der Waals surface area contributed by atoms with Gasteiger partial charge >= 0.3 is 5.97 Å². The second-order valence-electron chi connectivity index (χ2n) is 4.85. The van der Waals surface area contributed by atoms with Crippen molar-refractivity contribution in [2.45, 2.75) is 27.2 Å². The minimum absolute atomic E-state index is 0.00199. The van der Waals surface area contributed by atoms with E-state index in [1.54, 1.807) is 12.1 Å². The van der Waals surface area contributed by atoms with Gasteiger partial charge in [0.2, 0.25) is 0 Å². The van der Waals surface area contributed by atoms with E-state index >= 15 is 0 Å². The molecule has 0 aliphatic rings. The molecule has 0 saturated heterocycles. The lowest BCUT2D eigenvalue weighted by Crippen LogP contribution is -2.13. The fourth-order valence-electron chi connectivity index (χ4n) is 1.55. The van der Waals surface area contributed by atoms with Gasteiger partial charge in [0.15, 0.2) is 0 Å². The number of hydrogen-bond acceptors (Lipinski definition) is 2. The topological polar surface area (TPSA) is 57.5 Å². The molecule has 1 aromatic carbocycles. The Hall–Kier alpha value is -1.51. The van der Waals surface area contributed by atoms with Crippen LogP contribution in [0.3, 0.4) is 0 Å². The molecule has 0 aromatic heterocycles. The van der Waals surface area contributed by atoms with Crippen molar-refractivity contribution in [2.75, 3.05) is 0 Å². The Balaban J connectivity index is 3.18. The molecule has 3 heteroatoms. The molecule has 0 spiro atoms. The smallest absolute Gasteiger partial charge is 0.339 e. The van der Waals surface area contributed by atoms with E-state index in [1.165, 1.54) is 6.07 Å². The first-order valence-corrected chi connectivity index (χ1v) is 4.85. The minimum Gasteiger partial charge on any atom is -0.507 e. The van der Waals surface area contributed by atoms with Crippen LogP contribution in [-0.2, 0) is 6.42 Å². The van der Waals surface area contributed by atoms with Gasteiger partial charge in [-0.2, -0.15) is 0 Å². The Bertz CT molecular complexity index is 375. The van der Waals surface area contributed by atoms with Crippen LogP contribution in [0.1, 0.15) is 36.7 Å². The van der Waals surface area contributed by atoms with Crippen LogP contribution in [0.5, 0.6) is 5.75 Å². The van der Waals surface area contributed by atoms with Crippen LogP contribution in [-0.4, -0.2) is 16.2 Å². The number of rotatable bonds is 2. The lowest BCUT2D eigenvalue weighted by atomic mass is 9.86. The van der Waals surface area contributed by atoms with E-state index in [9.17, 15) is 9.90 Å². The highest BCUT2D eigenvalue weighted by atomic mass is 16.4. The van der Waals surface area contributed by atoms with Gasteiger partial charge in [0.05, 0.1) is 0 Å². The third kappa shape index (κ3) is 2.98. The molecule has 0 aliphatic heterocycles. The van der Waals surface area contributed by atoms with Crippen molar-refractivity contribution >= 4 is 5.97 Å². The predicted octanol–water partition coefficient (Wildman–Crippen LogP) is 2.68. The molecular formula is C12H16O3. The summed E-state index contributed by atoms with van der Waals surface area (Å²) in [4.78, 5) is 11.0. The Kier molecular flexibility index (Phi) is 3.03. The number of carboxylic acids is 1. The van der Waals surface area contributed by atoms with Crippen molar-refractivity contribution in [3.05, 3.63) is 29.3 Å². The van der Waals surface area contributed by atoms with E-state index in [1.807, 2.05) is 20.8 Å². The number of aromatic carboxylic acids is 1. The zero-order chi connectivity index (χ0) is 11.6.